The number of carbonyl (C=O) groups is 1. The number of methoxy groups -OCH3 is 1. The van der Waals surface area contributed by atoms with Gasteiger partial charge in [0.2, 0.25) is 5.76 Å². The first-order valence-electron chi connectivity index (χ1n) is 7.97. The van der Waals surface area contributed by atoms with Crippen molar-refractivity contribution in [2.24, 2.45) is 0 Å². The second kappa shape index (κ2) is 6.48. The van der Waals surface area contributed by atoms with E-state index in [1.165, 1.54) is 6.33 Å². The van der Waals surface area contributed by atoms with Crippen molar-refractivity contribution in [2.45, 2.75) is 18.6 Å². The lowest BCUT2D eigenvalue weighted by atomic mass is 10.1. The Bertz CT molecular complexity index is 846. The smallest absolute Gasteiger partial charge is 0.293 e. The van der Waals surface area contributed by atoms with Gasteiger partial charge < -0.3 is 14.2 Å². The molecule has 0 saturated carbocycles. The van der Waals surface area contributed by atoms with Crippen LogP contribution in [0.5, 0.6) is 0 Å². The normalized spacial score (nSPS) is 20.1. The second-order valence-electron chi connectivity index (χ2n) is 5.88. The monoisotopic (exact) mass is 339 g/mol. The van der Waals surface area contributed by atoms with Crippen molar-refractivity contribution >= 4 is 5.91 Å². The molecule has 1 aliphatic heterocycles. The molecular formula is C17H17N5O3. The van der Waals surface area contributed by atoms with Crippen LogP contribution in [0.3, 0.4) is 0 Å². The summed E-state index contributed by atoms with van der Waals surface area (Å²) in [4.78, 5) is 18.8. The van der Waals surface area contributed by atoms with Crippen molar-refractivity contribution in [3.05, 3.63) is 54.3 Å². The van der Waals surface area contributed by atoms with Crippen LogP contribution in [0, 0.1) is 0 Å². The SMILES string of the molecule is CO[C@@H]1C[C@@H](c2ncn[nH]2)N(C(=O)c2cc(-c3ccccc3)no2)C1. The van der Waals surface area contributed by atoms with E-state index in [-0.39, 0.29) is 23.8 Å². The molecule has 3 aromatic rings. The molecule has 0 aliphatic carbocycles. The highest BCUT2D eigenvalue weighted by molar-refractivity contribution is 5.93. The summed E-state index contributed by atoms with van der Waals surface area (Å²) in [6.45, 7) is 0.460. The highest BCUT2D eigenvalue weighted by Crippen LogP contribution is 2.33. The van der Waals surface area contributed by atoms with Gasteiger partial charge in [-0.05, 0) is 0 Å². The quantitative estimate of drug-likeness (QED) is 0.781. The van der Waals surface area contributed by atoms with Gasteiger partial charge >= 0.3 is 0 Å². The van der Waals surface area contributed by atoms with Gasteiger partial charge in [-0.25, -0.2) is 4.98 Å². The third-order valence-corrected chi connectivity index (χ3v) is 4.40. The van der Waals surface area contributed by atoms with E-state index in [2.05, 4.69) is 20.3 Å². The van der Waals surface area contributed by atoms with Crippen molar-refractivity contribution in [1.29, 1.82) is 0 Å². The Balaban J connectivity index is 1.60. The van der Waals surface area contributed by atoms with Gasteiger partial charge in [0.05, 0.1) is 12.1 Å². The molecule has 0 radical (unpaired) electrons. The Morgan fingerprint density at radius 1 is 1.36 bits per heavy atom. The first-order chi connectivity index (χ1) is 12.3. The van der Waals surface area contributed by atoms with E-state index < -0.39 is 0 Å². The van der Waals surface area contributed by atoms with Gasteiger partial charge in [0.1, 0.15) is 17.8 Å². The zero-order valence-electron chi connectivity index (χ0n) is 13.6. The zero-order chi connectivity index (χ0) is 17.2. The number of hydrogen-bond donors (Lipinski definition) is 1. The number of hydrogen-bond acceptors (Lipinski definition) is 6. The number of likely N-dealkylation sites (tertiary alicyclic amines) is 1. The molecule has 1 aliphatic rings. The minimum atomic E-state index is -0.240. The average Bonchev–Trinajstić information content (AvgIpc) is 3.41. The number of benzene rings is 1. The maximum atomic E-state index is 12.9. The van der Waals surface area contributed by atoms with Crippen LogP contribution in [0.1, 0.15) is 28.8 Å². The Morgan fingerprint density at radius 3 is 2.92 bits per heavy atom. The molecule has 1 N–H and O–H groups in total. The molecule has 8 nitrogen and oxygen atoms in total. The van der Waals surface area contributed by atoms with E-state index in [4.69, 9.17) is 9.26 Å². The van der Waals surface area contributed by atoms with Gasteiger partial charge in [0.25, 0.3) is 5.91 Å². The lowest BCUT2D eigenvalue weighted by molar-refractivity contribution is 0.0645. The van der Waals surface area contributed by atoms with E-state index in [9.17, 15) is 4.79 Å². The van der Waals surface area contributed by atoms with Gasteiger partial charge in [-0.2, -0.15) is 5.10 Å². The van der Waals surface area contributed by atoms with Gasteiger partial charge in [-0.15, -0.1) is 0 Å². The summed E-state index contributed by atoms with van der Waals surface area (Å²) in [6, 6.07) is 11.0. The molecule has 4 rings (SSSR count). The van der Waals surface area contributed by atoms with Crippen LogP contribution in [0.4, 0.5) is 0 Å². The highest BCUT2D eigenvalue weighted by Gasteiger charge is 2.39. The van der Waals surface area contributed by atoms with Crippen molar-refractivity contribution < 1.29 is 14.1 Å². The standard InChI is InChI=1S/C17H17N5O3/c1-24-12-7-14(16-18-10-19-20-16)22(9-12)17(23)15-8-13(21-25-15)11-5-3-2-4-6-11/h2-6,8,10,12,14H,7,9H2,1H3,(H,18,19,20)/t12-,14+/m1/s1. The van der Waals surface area contributed by atoms with Crippen LogP contribution in [0.2, 0.25) is 0 Å². The molecule has 3 heterocycles. The lowest BCUT2D eigenvalue weighted by Gasteiger charge is -2.20. The minimum absolute atomic E-state index is 0.0597. The first-order valence-corrected chi connectivity index (χ1v) is 7.97. The molecule has 128 valence electrons. The van der Waals surface area contributed by atoms with Crippen molar-refractivity contribution in [3.8, 4) is 11.3 Å². The zero-order valence-corrected chi connectivity index (χ0v) is 13.6. The van der Waals surface area contributed by atoms with Gasteiger partial charge in [-0.3, -0.25) is 9.89 Å². The summed E-state index contributed by atoms with van der Waals surface area (Å²) in [5.41, 5.74) is 1.52. The third-order valence-electron chi connectivity index (χ3n) is 4.40. The van der Waals surface area contributed by atoms with Crippen molar-refractivity contribution in [3.63, 3.8) is 0 Å². The fourth-order valence-corrected chi connectivity index (χ4v) is 3.09. The number of ether oxygens (including phenoxy) is 1. The lowest BCUT2D eigenvalue weighted by Crippen LogP contribution is -2.32. The molecule has 2 atom stereocenters. The molecule has 1 aromatic carbocycles. The van der Waals surface area contributed by atoms with E-state index >= 15 is 0 Å². The van der Waals surface area contributed by atoms with Crippen LogP contribution in [-0.4, -0.2) is 50.9 Å². The molecular weight excluding hydrogens is 322 g/mol. The van der Waals surface area contributed by atoms with Gasteiger partial charge in [0, 0.05) is 31.7 Å². The molecule has 1 amide bonds. The van der Waals surface area contributed by atoms with Crippen molar-refractivity contribution in [1.82, 2.24) is 25.2 Å². The van der Waals surface area contributed by atoms with Crippen LogP contribution in [-0.2, 0) is 4.74 Å². The Morgan fingerprint density at radius 2 is 2.20 bits per heavy atom. The maximum Gasteiger partial charge on any atom is 0.293 e. The molecule has 0 unspecified atom stereocenters. The number of nitrogens with zero attached hydrogens (tertiary/aromatic N) is 4. The van der Waals surface area contributed by atoms with Crippen LogP contribution in [0.15, 0.2) is 47.2 Å². The molecule has 1 fully saturated rings. The number of amides is 1. The summed E-state index contributed by atoms with van der Waals surface area (Å²) in [5.74, 6) is 0.589. The van der Waals surface area contributed by atoms with E-state index in [1.54, 1.807) is 18.1 Å². The summed E-state index contributed by atoms with van der Waals surface area (Å²) < 4.78 is 10.7. The molecule has 2 aromatic heterocycles. The molecule has 0 bridgehead atoms. The van der Waals surface area contributed by atoms with E-state index in [0.29, 0.717) is 24.5 Å². The van der Waals surface area contributed by atoms with Crippen LogP contribution < -0.4 is 0 Å². The number of H-pyrrole nitrogens is 1. The first kappa shape index (κ1) is 15.5. The molecule has 1 saturated heterocycles. The van der Waals surface area contributed by atoms with Gasteiger partial charge in [-0.1, -0.05) is 35.5 Å². The van der Waals surface area contributed by atoms with E-state index in [0.717, 1.165) is 5.56 Å². The van der Waals surface area contributed by atoms with Crippen molar-refractivity contribution in [2.75, 3.05) is 13.7 Å². The predicted octanol–water partition coefficient (Wildman–Crippen LogP) is 2.06. The molecule has 25 heavy (non-hydrogen) atoms. The predicted molar refractivity (Wildman–Crippen MR) is 87.5 cm³/mol. The fraction of sp³-hybridized carbons (Fsp3) is 0.294. The number of rotatable bonds is 4. The Kier molecular flexibility index (Phi) is 4.02. The van der Waals surface area contributed by atoms with Gasteiger partial charge in [0.15, 0.2) is 0 Å². The average molecular weight is 339 g/mol. The third kappa shape index (κ3) is 2.91. The molecule has 0 spiro atoms. The highest BCUT2D eigenvalue weighted by atomic mass is 16.5. The van der Waals surface area contributed by atoms with Crippen LogP contribution in [0.25, 0.3) is 11.3 Å². The summed E-state index contributed by atoms with van der Waals surface area (Å²) in [7, 11) is 1.64. The largest absolute Gasteiger partial charge is 0.380 e. The fourth-order valence-electron chi connectivity index (χ4n) is 3.09. The number of nitrogens with one attached hydrogen (secondary N) is 1. The number of aromatic amines is 1. The number of carbonyl (C=O) groups excluding carboxylic acids is 1. The second-order valence-corrected chi connectivity index (χ2v) is 5.88. The number of aromatic nitrogens is 4. The topological polar surface area (TPSA) is 97.1 Å². The summed E-state index contributed by atoms with van der Waals surface area (Å²) in [5, 5.41) is 10.7. The Hall–Kier alpha value is -3.00. The maximum absolute atomic E-state index is 12.9. The summed E-state index contributed by atoms with van der Waals surface area (Å²) in [6.07, 6.45) is 2.02. The minimum Gasteiger partial charge on any atom is -0.380 e. The summed E-state index contributed by atoms with van der Waals surface area (Å²) >= 11 is 0. The Labute approximate surface area is 143 Å². The van der Waals surface area contributed by atoms with E-state index in [1.807, 2.05) is 30.3 Å². The molecule has 8 heteroatoms. The van der Waals surface area contributed by atoms with Crippen LogP contribution >= 0.6 is 0 Å².